The quantitative estimate of drug-likeness (QED) is 0.558. The Morgan fingerprint density at radius 1 is 1.18 bits per heavy atom. The van der Waals surface area contributed by atoms with Gasteiger partial charge >= 0.3 is 0 Å². The summed E-state index contributed by atoms with van der Waals surface area (Å²) in [6, 6.07) is 0. The zero-order valence-electron chi connectivity index (χ0n) is 8.83. The second kappa shape index (κ2) is 4.79. The predicted molar refractivity (Wildman–Crippen MR) is 52.5 cm³/mol. The fraction of sp³-hybridized carbons (Fsp3) is 0.909. The minimum atomic E-state index is 0.537. The molecule has 0 rings (SSSR count). The van der Waals surface area contributed by atoms with Crippen LogP contribution >= 0.6 is 0 Å². The van der Waals surface area contributed by atoms with E-state index in [9.17, 15) is 0 Å². The molecule has 0 nitrogen and oxygen atoms in total. The maximum absolute atomic E-state index is 2.37. The third kappa shape index (κ3) is 6.40. The standard InChI is InChI=1S/C11H23/c1-6-7-8-11(4,5)9-10(2)3/h6-9H2,1-5H3. The number of unbranched alkanes of at least 4 members (excludes halogenated alkanes) is 1. The van der Waals surface area contributed by atoms with Gasteiger partial charge in [0.25, 0.3) is 0 Å². The van der Waals surface area contributed by atoms with Crippen molar-refractivity contribution in [2.24, 2.45) is 5.41 Å². The molecule has 0 aliphatic carbocycles. The summed E-state index contributed by atoms with van der Waals surface area (Å²) in [5, 5.41) is 0. The van der Waals surface area contributed by atoms with Crippen molar-refractivity contribution in [1.29, 1.82) is 0 Å². The lowest BCUT2D eigenvalue weighted by Crippen LogP contribution is -2.13. The van der Waals surface area contributed by atoms with E-state index in [0.717, 1.165) is 0 Å². The summed E-state index contributed by atoms with van der Waals surface area (Å²) >= 11 is 0. The van der Waals surface area contributed by atoms with Gasteiger partial charge in [0.15, 0.2) is 0 Å². The van der Waals surface area contributed by atoms with Crippen LogP contribution in [-0.4, -0.2) is 0 Å². The van der Waals surface area contributed by atoms with Crippen LogP contribution in [0.3, 0.4) is 0 Å². The fourth-order valence-corrected chi connectivity index (χ4v) is 1.70. The summed E-state index contributed by atoms with van der Waals surface area (Å²) in [6.45, 7) is 11.5. The Morgan fingerprint density at radius 3 is 2.09 bits per heavy atom. The van der Waals surface area contributed by atoms with Crippen molar-refractivity contribution in [3.05, 3.63) is 5.92 Å². The maximum atomic E-state index is 2.37. The Morgan fingerprint density at radius 2 is 1.73 bits per heavy atom. The molecule has 0 amide bonds. The molecule has 67 valence electrons. The first kappa shape index (κ1) is 11.0. The van der Waals surface area contributed by atoms with Crippen LogP contribution in [0.2, 0.25) is 0 Å². The second-order valence-electron chi connectivity index (χ2n) is 4.65. The third-order valence-corrected chi connectivity index (χ3v) is 2.04. The Bertz CT molecular complexity index is 90.2. The molecule has 0 heteroatoms. The van der Waals surface area contributed by atoms with E-state index in [1.807, 2.05) is 0 Å². The van der Waals surface area contributed by atoms with Gasteiger partial charge in [0.05, 0.1) is 0 Å². The van der Waals surface area contributed by atoms with Crippen LogP contribution in [0.1, 0.15) is 60.3 Å². The molecule has 0 unspecified atom stereocenters. The van der Waals surface area contributed by atoms with Gasteiger partial charge in [-0.25, -0.2) is 0 Å². The maximum Gasteiger partial charge on any atom is -0.0298 e. The van der Waals surface area contributed by atoms with Gasteiger partial charge in [-0.15, -0.1) is 0 Å². The average molecular weight is 155 g/mol. The van der Waals surface area contributed by atoms with Crippen LogP contribution < -0.4 is 0 Å². The molecule has 0 bridgehead atoms. The molecule has 0 N–H and O–H groups in total. The molecule has 0 atom stereocenters. The summed E-state index contributed by atoms with van der Waals surface area (Å²) < 4.78 is 0. The van der Waals surface area contributed by atoms with E-state index < -0.39 is 0 Å². The van der Waals surface area contributed by atoms with E-state index in [4.69, 9.17) is 0 Å². The van der Waals surface area contributed by atoms with Gasteiger partial charge in [0.2, 0.25) is 0 Å². The van der Waals surface area contributed by atoms with Crippen LogP contribution in [0.4, 0.5) is 0 Å². The number of rotatable bonds is 5. The van der Waals surface area contributed by atoms with Crippen LogP contribution in [0.15, 0.2) is 0 Å². The highest BCUT2D eigenvalue weighted by atomic mass is 14.2. The molecular weight excluding hydrogens is 132 g/mol. The lowest BCUT2D eigenvalue weighted by Gasteiger charge is -2.26. The smallest absolute Gasteiger partial charge is 0.0298 e. The van der Waals surface area contributed by atoms with Gasteiger partial charge in [-0.05, 0) is 24.2 Å². The van der Waals surface area contributed by atoms with E-state index in [-0.39, 0.29) is 0 Å². The fourth-order valence-electron chi connectivity index (χ4n) is 1.70. The summed E-state index contributed by atoms with van der Waals surface area (Å²) in [4.78, 5) is 0. The molecule has 0 spiro atoms. The van der Waals surface area contributed by atoms with Crippen molar-refractivity contribution in [2.45, 2.75) is 60.3 Å². The van der Waals surface area contributed by atoms with Crippen molar-refractivity contribution >= 4 is 0 Å². The predicted octanol–water partition coefficient (Wildman–Crippen LogP) is 4.21. The highest BCUT2D eigenvalue weighted by Gasteiger charge is 2.18. The van der Waals surface area contributed by atoms with Gasteiger partial charge in [-0.3, -0.25) is 0 Å². The zero-order valence-corrected chi connectivity index (χ0v) is 8.83. The summed E-state index contributed by atoms with van der Waals surface area (Å²) in [5.74, 6) is 1.56. The van der Waals surface area contributed by atoms with Gasteiger partial charge in [0, 0.05) is 0 Å². The van der Waals surface area contributed by atoms with Crippen molar-refractivity contribution in [1.82, 2.24) is 0 Å². The number of hydrogen-bond donors (Lipinski definition) is 0. The molecule has 0 aromatic rings. The van der Waals surface area contributed by atoms with Crippen LogP contribution in [-0.2, 0) is 0 Å². The minimum absolute atomic E-state index is 0.537. The molecule has 0 fully saturated rings. The Kier molecular flexibility index (Phi) is 4.79. The molecule has 0 heterocycles. The molecule has 0 aromatic heterocycles. The molecule has 0 saturated heterocycles. The topological polar surface area (TPSA) is 0 Å². The largest absolute Gasteiger partial charge is 0.0654 e. The minimum Gasteiger partial charge on any atom is -0.0654 e. The van der Waals surface area contributed by atoms with Crippen LogP contribution in [0, 0.1) is 11.3 Å². The van der Waals surface area contributed by atoms with Crippen molar-refractivity contribution in [3.8, 4) is 0 Å². The van der Waals surface area contributed by atoms with Gasteiger partial charge in [0.1, 0.15) is 0 Å². The molecule has 0 aliphatic heterocycles. The summed E-state index contributed by atoms with van der Waals surface area (Å²) in [7, 11) is 0. The first-order valence-corrected chi connectivity index (χ1v) is 4.77. The molecule has 0 aliphatic rings. The van der Waals surface area contributed by atoms with Crippen LogP contribution in [0.25, 0.3) is 0 Å². The first-order valence-electron chi connectivity index (χ1n) is 4.77. The second-order valence-corrected chi connectivity index (χ2v) is 4.65. The van der Waals surface area contributed by atoms with Gasteiger partial charge in [-0.1, -0.05) is 47.5 Å². The first-order chi connectivity index (χ1) is 4.98. The monoisotopic (exact) mass is 155 g/mol. The van der Waals surface area contributed by atoms with E-state index in [1.54, 1.807) is 5.92 Å². The summed E-state index contributed by atoms with van der Waals surface area (Å²) in [6.07, 6.45) is 5.36. The Hall–Kier alpha value is 0. The van der Waals surface area contributed by atoms with E-state index >= 15 is 0 Å². The molecular formula is C11H23. The molecule has 0 saturated carbocycles. The molecule has 1 radical (unpaired) electrons. The number of hydrogen-bond acceptors (Lipinski definition) is 0. The Labute approximate surface area is 72.4 Å². The van der Waals surface area contributed by atoms with E-state index in [2.05, 4.69) is 34.6 Å². The lowest BCUT2D eigenvalue weighted by molar-refractivity contribution is 0.306. The summed E-state index contributed by atoms with van der Waals surface area (Å²) in [5.41, 5.74) is 0.537. The van der Waals surface area contributed by atoms with Crippen molar-refractivity contribution in [2.75, 3.05) is 0 Å². The normalized spacial score (nSPS) is 12.5. The molecule has 0 aromatic carbocycles. The van der Waals surface area contributed by atoms with Gasteiger partial charge in [-0.2, -0.15) is 0 Å². The highest BCUT2D eigenvalue weighted by molar-refractivity contribution is 4.85. The average Bonchev–Trinajstić information content (AvgIpc) is 1.81. The lowest BCUT2D eigenvalue weighted by atomic mass is 9.80. The van der Waals surface area contributed by atoms with E-state index in [0.29, 0.717) is 5.41 Å². The van der Waals surface area contributed by atoms with Gasteiger partial charge < -0.3 is 0 Å². The molecule has 11 heavy (non-hydrogen) atoms. The van der Waals surface area contributed by atoms with Crippen molar-refractivity contribution < 1.29 is 0 Å². The SMILES string of the molecule is CCCCC(C)(C)C[C](C)C. The Balaban J connectivity index is 3.61. The van der Waals surface area contributed by atoms with Crippen LogP contribution in [0.5, 0.6) is 0 Å². The highest BCUT2D eigenvalue weighted by Crippen LogP contribution is 2.31. The van der Waals surface area contributed by atoms with E-state index in [1.165, 1.54) is 25.7 Å². The zero-order chi connectivity index (χ0) is 8.91. The third-order valence-electron chi connectivity index (χ3n) is 2.04. The van der Waals surface area contributed by atoms with Crippen molar-refractivity contribution in [3.63, 3.8) is 0 Å².